The second-order valence-electron chi connectivity index (χ2n) is 5.27. The van der Waals surface area contributed by atoms with E-state index in [0.717, 1.165) is 31.0 Å². The molecular weight excluding hydrogens is 286 g/mol. The van der Waals surface area contributed by atoms with E-state index in [4.69, 9.17) is 16.3 Å². The van der Waals surface area contributed by atoms with E-state index in [2.05, 4.69) is 15.3 Å². The van der Waals surface area contributed by atoms with Crippen LogP contribution < -0.4 is 10.1 Å². The minimum Gasteiger partial charge on any atom is -0.490 e. The molecule has 1 aromatic heterocycles. The Bertz CT molecular complexity index is 565. The van der Waals surface area contributed by atoms with Crippen molar-refractivity contribution in [3.8, 4) is 17.1 Å². The van der Waals surface area contributed by atoms with Gasteiger partial charge in [0, 0.05) is 23.0 Å². The average Bonchev–Trinajstić information content (AvgIpc) is 2.55. The normalized spacial score (nSPS) is 18.4. The van der Waals surface area contributed by atoms with Crippen molar-refractivity contribution in [1.82, 2.24) is 15.3 Å². The van der Waals surface area contributed by atoms with Crippen LogP contribution in [0.2, 0.25) is 5.02 Å². The van der Waals surface area contributed by atoms with Gasteiger partial charge in [-0.1, -0.05) is 11.6 Å². The predicted octanol–water partition coefficient (Wildman–Crippen LogP) is 3.18. The maximum Gasteiger partial charge on any atom is 0.159 e. The lowest BCUT2D eigenvalue weighted by Crippen LogP contribution is -2.33. The van der Waals surface area contributed by atoms with Gasteiger partial charge in [-0.3, -0.25) is 0 Å². The summed E-state index contributed by atoms with van der Waals surface area (Å²) in [5, 5.41) is 4.09. The molecule has 1 fully saturated rings. The van der Waals surface area contributed by atoms with Crippen molar-refractivity contribution >= 4 is 11.6 Å². The molecule has 1 aliphatic heterocycles. The molecule has 2 heterocycles. The number of piperidine rings is 1. The van der Waals surface area contributed by atoms with E-state index in [-0.39, 0.29) is 0 Å². The van der Waals surface area contributed by atoms with E-state index < -0.39 is 0 Å². The molecule has 0 saturated carbocycles. The molecule has 1 aromatic carbocycles. The molecule has 0 bridgehead atoms. The summed E-state index contributed by atoms with van der Waals surface area (Å²) in [5.74, 6) is 1.98. The van der Waals surface area contributed by atoms with Crippen LogP contribution >= 0.6 is 11.6 Å². The molecule has 1 unspecified atom stereocenters. The molecule has 1 aliphatic rings. The minimum atomic E-state index is 0.578. The summed E-state index contributed by atoms with van der Waals surface area (Å²) in [6.07, 6.45) is 5.90. The highest BCUT2D eigenvalue weighted by Gasteiger charge is 2.13. The highest BCUT2D eigenvalue weighted by atomic mass is 35.5. The van der Waals surface area contributed by atoms with Crippen LogP contribution in [0.4, 0.5) is 0 Å². The number of rotatable bonds is 4. The van der Waals surface area contributed by atoms with Gasteiger partial charge in [0.1, 0.15) is 0 Å². The number of nitrogens with zero attached hydrogens (tertiary/aromatic N) is 2. The molecule has 1 N–H and O–H groups in total. The molecule has 110 valence electrons. The molecule has 0 radical (unpaired) electrons. The third-order valence-corrected chi connectivity index (χ3v) is 3.87. The maximum atomic E-state index is 5.87. The predicted molar refractivity (Wildman–Crippen MR) is 83.6 cm³/mol. The van der Waals surface area contributed by atoms with Crippen LogP contribution in [0.15, 0.2) is 36.7 Å². The highest BCUT2D eigenvalue weighted by Crippen LogP contribution is 2.19. The quantitative estimate of drug-likeness (QED) is 0.942. The number of benzene rings is 1. The van der Waals surface area contributed by atoms with Crippen molar-refractivity contribution in [2.45, 2.75) is 12.8 Å². The summed E-state index contributed by atoms with van der Waals surface area (Å²) in [6, 6.07) is 7.49. The van der Waals surface area contributed by atoms with Gasteiger partial charge in [0.25, 0.3) is 0 Å². The Kier molecular flexibility index (Phi) is 4.68. The Labute approximate surface area is 129 Å². The molecule has 2 aromatic rings. The van der Waals surface area contributed by atoms with Crippen molar-refractivity contribution in [3.05, 3.63) is 41.7 Å². The maximum absolute atomic E-state index is 5.87. The number of aromatic nitrogens is 2. The van der Waals surface area contributed by atoms with Crippen molar-refractivity contribution in [3.63, 3.8) is 0 Å². The SMILES string of the molecule is Clc1ccc(-c2ncc(OCC3CCCNC3)cn2)cc1. The van der Waals surface area contributed by atoms with Gasteiger partial charge in [-0.2, -0.15) is 0 Å². The molecule has 5 heteroatoms. The zero-order chi connectivity index (χ0) is 14.5. The van der Waals surface area contributed by atoms with Crippen LogP contribution in [0.1, 0.15) is 12.8 Å². The molecular formula is C16H18ClN3O. The van der Waals surface area contributed by atoms with E-state index in [1.54, 1.807) is 12.4 Å². The Morgan fingerprint density at radius 2 is 1.95 bits per heavy atom. The highest BCUT2D eigenvalue weighted by molar-refractivity contribution is 6.30. The van der Waals surface area contributed by atoms with E-state index >= 15 is 0 Å². The standard InChI is InChI=1S/C16H18ClN3O/c17-14-5-3-13(4-6-14)16-19-9-15(10-20-16)21-11-12-2-1-7-18-8-12/h3-6,9-10,12,18H,1-2,7-8,11H2. The molecule has 0 aliphatic carbocycles. The summed E-state index contributed by atoms with van der Waals surface area (Å²) in [4.78, 5) is 8.70. The topological polar surface area (TPSA) is 47.0 Å². The lowest BCUT2D eigenvalue weighted by Gasteiger charge is -2.22. The van der Waals surface area contributed by atoms with E-state index in [1.807, 2.05) is 24.3 Å². The summed E-state index contributed by atoms with van der Waals surface area (Å²) in [7, 11) is 0. The molecule has 4 nitrogen and oxygen atoms in total. The van der Waals surface area contributed by atoms with Crippen LogP contribution in [0, 0.1) is 5.92 Å². The molecule has 0 amide bonds. The third-order valence-electron chi connectivity index (χ3n) is 3.62. The Morgan fingerprint density at radius 3 is 2.62 bits per heavy atom. The van der Waals surface area contributed by atoms with Crippen molar-refractivity contribution in [1.29, 1.82) is 0 Å². The summed E-state index contributed by atoms with van der Waals surface area (Å²) < 4.78 is 5.77. The number of ether oxygens (including phenoxy) is 1. The van der Waals surface area contributed by atoms with Crippen molar-refractivity contribution in [2.24, 2.45) is 5.92 Å². The molecule has 21 heavy (non-hydrogen) atoms. The van der Waals surface area contributed by atoms with Gasteiger partial charge in [-0.25, -0.2) is 9.97 Å². The van der Waals surface area contributed by atoms with Gasteiger partial charge in [0.05, 0.1) is 19.0 Å². The largest absolute Gasteiger partial charge is 0.490 e. The van der Waals surface area contributed by atoms with Gasteiger partial charge in [-0.15, -0.1) is 0 Å². The first-order chi connectivity index (χ1) is 10.3. The first-order valence-electron chi connectivity index (χ1n) is 7.23. The van der Waals surface area contributed by atoms with Gasteiger partial charge in [0.2, 0.25) is 0 Å². The summed E-state index contributed by atoms with van der Waals surface area (Å²) in [5.41, 5.74) is 0.947. The first-order valence-corrected chi connectivity index (χ1v) is 7.60. The van der Waals surface area contributed by atoms with E-state index in [1.165, 1.54) is 12.8 Å². The lowest BCUT2D eigenvalue weighted by atomic mass is 10.0. The van der Waals surface area contributed by atoms with Crippen LogP contribution in [-0.2, 0) is 0 Å². The smallest absolute Gasteiger partial charge is 0.159 e. The second kappa shape index (κ2) is 6.87. The number of halogens is 1. The van der Waals surface area contributed by atoms with Crippen LogP contribution in [0.3, 0.4) is 0 Å². The molecule has 0 spiro atoms. The number of nitrogens with one attached hydrogen (secondary N) is 1. The minimum absolute atomic E-state index is 0.578. The van der Waals surface area contributed by atoms with Crippen LogP contribution in [0.25, 0.3) is 11.4 Å². The lowest BCUT2D eigenvalue weighted by molar-refractivity contribution is 0.217. The monoisotopic (exact) mass is 303 g/mol. The van der Waals surface area contributed by atoms with Crippen LogP contribution in [-0.4, -0.2) is 29.7 Å². The van der Waals surface area contributed by atoms with E-state index in [0.29, 0.717) is 16.8 Å². The zero-order valence-corrected chi connectivity index (χ0v) is 12.5. The Hall–Kier alpha value is -1.65. The Morgan fingerprint density at radius 1 is 1.19 bits per heavy atom. The Balaban J connectivity index is 1.59. The fraction of sp³-hybridized carbons (Fsp3) is 0.375. The van der Waals surface area contributed by atoms with Crippen LogP contribution in [0.5, 0.6) is 5.75 Å². The van der Waals surface area contributed by atoms with Gasteiger partial charge >= 0.3 is 0 Å². The van der Waals surface area contributed by atoms with E-state index in [9.17, 15) is 0 Å². The second-order valence-corrected chi connectivity index (χ2v) is 5.71. The molecule has 1 atom stereocenters. The number of hydrogen-bond donors (Lipinski definition) is 1. The van der Waals surface area contributed by atoms with Gasteiger partial charge in [-0.05, 0) is 43.7 Å². The average molecular weight is 304 g/mol. The molecule has 3 rings (SSSR count). The first kappa shape index (κ1) is 14.3. The molecule has 1 saturated heterocycles. The summed E-state index contributed by atoms with van der Waals surface area (Å²) >= 11 is 5.87. The summed E-state index contributed by atoms with van der Waals surface area (Å²) in [6.45, 7) is 2.87. The fourth-order valence-corrected chi connectivity index (χ4v) is 2.55. The fourth-order valence-electron chi connectivity index (χ4n) is 2.42. The van der Waals surface area contributed by atoms with Gasteiger partial charge < -0.3 is 10.1 Å². The number of hydrogen-bond acceptors (Lipinski definition) is 4. The third kappa shape index (κ3) is 3.93. The van der Waals surface area contributed by atoms with Gasteiger partial charge in [0.15, 0.2) is 11.6 Å². The van der Waals surface area contributed by atoms with Crippen molar-refractivity contribution in [2.75, 3.05) is 19.7 Å². The van der Waals surface area contributed by atoms with Crippen molar-refractivity contribution < 1.29 is 4.74 Å². The zero-order valence-electron chi connectivity index (χ0n) is 11.8.